The smallest absolute Gasteiger partial charge is 0.326 e. The van der Waals surface area contributed by atoms with Crippen molar-refractivity contribution < 1.29 is 19.5 Å². The number of carbonyl (C=O) groups excluding carboxylic acids is 2. The van der Waals surface area contributed by atoms with Gasteiger partial charge in [-0.1, -0.05) is 34.1 Å². The normalized spacial score (nSPS) is 13.5. The van der Waals surface area contributed by atoms with Crippen molar-refractivity contribution in [2.45, 2.75) is 47.1 Å². The number of nitrogens with one attached hydrogen (secondary N) is 2. The maximum Gasteiger partial charge on any atom is 0.326 e. The van der Waals surface area contributed by atoms with Crippen molar-refractivity contribution in [1.29, 1.82) is 0 Å². The van der Waals surface area contributed by atoms with Crippen LogP contribution in [-0.4, -0.2) is 28.9 Å². The molecule has 6 nitrogen and oxygen atoms in total. The number of hydrogen-bond acceptors (Lipinski definition) is 4. The molecule has 0 bridgehead atoms. The topological polar surface area (TPSA) is 95.5 Å². The molecule has 3 N–H and O–H groups in total. The Kier molecular flexibility index (Phi) is 6.75. The third-order valence-electron chi connectivity index (χ3n) is 3.63. The molecule has 1 aromatic rings. The fourth-order valence-corrected chi connectivity index (χ4v) is 2.85. The Bertz CT molecular complexity index is 595. The van der Waals surface area contributed by atoms with E-state index >= 15 is 0 Å². The van der Waals surface area contributed by atoms with Crippen molar-refractivity contribution in [2.75, 3.05) is 5.32 Å². The molecule has 1 rings (SSSR count). The van der Waals surface area contributed by atoms with Crippen LogP contribution < -0.4 is 10.6 Å². The zero-order chi connectivity index (χ0) is 17.7. The Labute approximate surface area is 140 Å². The van der Waals surface area contributed by atoms with Crippen LogP contribution in [0.1, 0.15) is 49.4 Å². The molecule has 0 aliphatic carbocycles. The zero-order valence-electron chi connectivity index (χ0n) is 14.1. The second-order valence-electron chi connectivity index (χ2n) is 5.92. The summed E-state index contributed by atoms with van der Waals surface area (Å²) in [5.74, 6) is -2.13. The lowest BCUT2D eigenvalue weighted by Gasteiger charge is -2.20. The summed E-state index contributed by atoms with van der Waals surface area (Å²) >= 11 is 1.30. The Balaban J connectivity index is 2.99. The molecule has 0 aromatic carbocycles. The van der Waals surface area contributed by atoms with Gasteiger partial charge in [0, 0.05) is 10.8 Å². The summed E-state index contributed by atoms with van der Waals surface area (Å²) < 4.78 is 0. The highest BCUT2D eigenvalue weighted by atomic mass is 32.1. The van der Waals surface area contributed by atoms with Gasteiger partial charge in [-0.2, -0.15) is 0 Å². The predicted octanol–water partition coefficient (Wildman–Crippen LogP) is 2.88. The molecule has 0 radical (unpaired) electrons. The Morgan fingerprint density at radius 1 is 1.26 bits per heavy atom. The third-order valence-corrected chi connectivity index (χ3v) is 4.59. The van der Waals surface area contributed by atoms with Crippen LogP contribution in [0.3, 0.4) is 0 Å². The first kappa shape index (κ1) is 19.2. The summed E-state index contributed by atoms with van der Waals surface area (Å²) in [7, 11) is 0. The first-order valence-electron chi connectivity index (χ1n) is 7.62. The molecule has 1 heterocycles. The molecular formula is C16H24N2O4S. The molecule has 23 heavy (non-hydrogen) atoms. The Morgan fingerprint density at radius 3 is 2.35 bits per heavy atom. The predicted molar refractivity (Wildman–Crippen MR) is 90.9 cm³/mol. The lowest BCUT2D eigenvalue weighted by molar-refractivity contribution is -0.140. The molecular weight excluding hydrogens is 316 g/mol. The van der Waals surface area contributed by atoms with Crippen molar-refractivity contribution in [2.24, 2.45) is 11.8 Å². The average Bonchev–Trinajstić information content (AvgIpc) is 2.83. The summed E-state index contributed by atoms with van der Waals surface area (Å²) in [4.78, 5) is 36.5. The number of amides is 2. The van der Waals surface area contributed by atoms with Gasteiger partial charge in [0.1, 0.15) is 11.0 Å². The summed E-state index contributed by atoms with van der Waals surface area (Å²) in [6.07, 6.45) is 0.636. The van der Waals surface area contributed by atoms with E-state index in [-0.39, 0.29) is 17.7 Å². The third kappa shape index (κ3) is 5.06. The lowest BCUT2D eigenvalue weighted by atomic mass is 9.99. The molecule has 2 atom stereocenters. The quantitative estimate of drug-likeness (QED) is 0.711. The standard InChI is InChI=1S/C16H24N2O4S/c1-6-9(4)12(16(21)22)17-14(20)11-7-10(5)23-15(11)18-13(19)8(2)3/h7-9,12H,6H2,1-5H3,(H,17,20)(H,18,19)(H,21,22). The molecule has 128 valence electrons. The maximum absolute atomic E-state index is 12.4. The van der Waals surface area contributed by atoms with Crippen molar-refractivity contribution >= 4 is 34.1 Å². The minimum Gasteiger partial charge on any atom is -0.480 e. The van der Waals surface area contributed by atoms with Crippen molar-refractivity contribution in [3.63, 3.8) is 0 Å². The maximum atomic E-state index is 12.4. The van der Waals surface area contributed by atoms with E-state index in [4.69, 9.17) is 0 Å². The van der Waals surface area contributed by atoms with Crippen LogP contribution >= 0.6 is 11.3 Å². The van der Waals surface area contributed by atoms with E-state index in [0.717, 1.165) is 4.88 Å². The largest absolute Gasteiger partial charge is 0.480 e. The van der Waals surface area contributed by atoms with Gasteiger partial charge in [0.25, 0.3) is 5.91 Å². The number of rotatable bonds is 7. The number of aryl methyl sites for hydroxylation is 1. The van der Waals surface area contributed by atoms with E-state index in [2.05, 4.69) is 10.6 Å². The van der Waals surface area contributed by atoms with Gasteiger partial charge in [-0.05, 0) is 18.9 Å². The summed E-state index contributed by atoms with van der Waals surface area (Å²) in [6.45, 7) is 9.00. The number of hydrogen-bond donors (Lipinski definition) is 3. The van der Waals surface area contributed by atoms with Gasteiger partial charge in [0.05, 0.1) is 5.56 Å². The van der Waals surface area contributed by atoms with E-state index < -0.39 is 17.9 Å². The van der Waals surface area contributed by atoms with Crippen LogP contribution in [0, 0.1) is 18.8 Å². The van der Waals surface area contributed by atoms with Crippen LogP contribution in [0.4, 0.5) is 5.00 Å². The molecule has 0 saturated carbocycles. The summed E-state index contributed by atoms with van der Waals surface area (Å²) in [5.41, 5.74) is 0.302. The van der Waals surface area contributed by atoms with E-state index in [1.54, 1.807) is 26.8 Å². The zero-order valence-corrected chi connectivity index (χ0v) is 14.9. The highest BCUT2D eigenvalue weighted by Crippen LogP contribution is 2.28. The second-order valence-corrected chi connectivity index (χ2v) is 7.18. The van der Waals surface area contributed by atoms with Crippen molar-refractivity contribution in [1.82, 2.24) is 5.32 Å². The van der Waals surface area contributed by atoms with Gasteiger partial charge in [-0.3, -0.25) is 9.59 Å². The molecule has 1 aromatic heterocycles. The molecule has 0 aliphatic rings. The SMILES string of the molecule is CCC(C)C(NC(=O)c1cc(C)sc1NC(=O)C(C)C)C(=O)O. The highest BCUT2D eigenvalue weighted by Gasteiger charge is 2.27. The molecule has 0 aliphatic heterocycles. The molecule has 2 amide bonds. The van der Waals surface area contributed by atoms with Gasteiger partial charge in [-0.25, -0.2) is 4.79 Å². The monoisotopic (exact) mass is 340 g/mol. The molecule has 2 unspecified atom stereocenters. The molecule has 7 heteroatoms. The van der Waals surface area contributed by atoms with Crippen LogP contribution in [0.2, 0.25) is 0 Å². The minimum atomic E-state index is -1.06. The van der Waals surface area contributed by atoms with Crippen LogP contribution in [0.5, 0.6) is 0 Å². The fourth-order valence-electron chi connectivity index (χ4n) is 1.93. The van der Waals surface area contributed by atoms with Gasteiger partial charge in [-0.15, -0.1) is 11.3 Å². The van der Waals surface area contributed by atoms with Crippen LogP contribution in [0.15, 0.2) is 6.07 Å². The van der Waals surface area contributed by atoms with E-state index in [1.165, 1.54) is 11.3 Å². The number of anilines is 1. The minimum absolute atomic E-state index is 0.183. The van der Waals surface area contributed by atoms with Crippen LogP contribution in [0.25, 0.3) is 0 Å². The number of aliphatic carboxylic acids is 1. The highest BCUT2D eigenvalue weighted by molar-refractivity contribution is 7.16. The lowest BCUT2D eigenvalue weighted by Crippen LogP contribution is -2.45. The van der Waals surface area contributed by atoms with Crippen molar-refractivity contribution in [3.05, 3.63) is 16.5 Å². The molecule has 0 fully saturated rings. The Hall–Kier alpha value is -1.89. The Morgan fingerprint density at radius 2 is 1.87 bits per heavy atom. The fraction of sp³-hybridized carbons (Fsp3) is 0.562. The molecule has 0 saturated heterocycles. The van der Waals surface area contributed by atoms with Crippen LogP contribution in [-0.2, 0) is 9.59 Å². The first-order valence-corrected chi connectivity index (χ1v) is 8.43. The summed E-state index contributed by atoms with van der Waals surface area (Å²) in [5, 5.41) is 15.0. The van der Waals surface area contributed by atoms with Gasteiger partial charge >= 0.3 is 5.97 Å². The number of carboxylic acids is 1. The number of carbonyl (C=O) groups is 3. The van der Waals surface area contributed by atoms with Gasteiger partial charge in [0.15, 0.2) is 0 Å². The number of thiophene rings is 1. The summed E-state index contributed by atoms with van der Waals surface area (Å²) in [6, 6.07) is 0.701. The van der Waals surface area contributed by atoms with E-state index in [1.807, 2.05) is 13.8 Å². The van der Waals surface area contributed by atoms with E-state index in [0.29, 0.717) is 17.0 Å². The van der Waals surface area contributed by atoms with Gasteiger partial charge < -0.3 is 15.7 Å². The average molecular weight is 340 g/mol. The first-order chi connectivity index (χ1) is 10.7. The molecule has 0 spiro atoms. The van der Waals surface area contributed by atoms with Gasteiger partial charge in [0.2, 0.25) is 5.91 Å². The van der Waals surface area contributed by atoms with Crippen molar-refractivity contribution in [3.8, 4) is 0 Å². The number of carboxylic acid groups (broad SMARTS) is 1. The van der Waals surface area contributed by atoms with E-state index in [9.17, 15) is 19.5 Å². The second kappa shape index (κ2) is 8.10.